The van der Waals surface area contributed by atoms with E-state index in [1.165, 1.54) is 36.8 Å². The maximum absolute atomic E-state index is 3.58. The van der Waals surface area contributed by atoms with E-state index < -0.39 is 0 Å². The average Bonchev–Trinajstić information content (AvgIpc) is 2.13. The third kappa shape index (κ3) is 6.20. The van der Waals surface area contributed by atoms with Gasteiger partial charge in [-0.05, 0) is 18.4 Å². The van der Waals surface area contributed by atoms with E-state index in [1.807, 2.05) is 0 Å². The highest BCUT2D eigenvalue weighted by Gasteiger charge is 2.14. The van der Waals surface area contributed by atoms with Crippen molar-refractivity contribution in [3.63, 3.8) is 0 Å². The van der Waals surface area contributed by atoms with Gasteiger partial charge in [0.05, 0.1) is 0 Å². The van der Waals surface area contributed by atoms with Gasteiger partial charge in [-0.1, -0.05) is 20.8 Å². The van der Waals surface area contributed by atoms with E-state index in [1.54, 1.807) is 0 Å². The second-order valence-corrected chi connectivity index (χ2v) is 7.64. The molecule has 0 saturated carbocycles. The molecule has 0 aromatic carbocycles. The van der Waals surface area contributed by atoms with Gasteiger partial charge in [-0.15, -0.1) is 0 Å². The van der Waals surface area contributed by atoms with E-state index in [4.69, 9.17) is 0 Å². The highest BCUT2D eigenvalue weighted by Crippen LogP contribution is 2.23. The van der Waals surface area contributed by atoms with E-state index in [0.717, 1.165) is 5.25 Å². The van der Waals surface area contributed by atoms with Gasteiger partial charge in [-0.3, -0.25) is 0 Å². The minimum Gasteiger partial charge on any atom is -0.316 e. The minimum absolute atomic E-state index is 0.474. The Morgan fingerprint density at radius 1 is 1.29 bits per heavy atom. The van der Waals surface area contributed by atoms with Crippen molar-refractivity contribution in [2.24, 2.45) is 5.41 Å². The lowest BCUT2D eigenvalue weighted by atomic mass is 9.92. The predicted octanol–water partition coefficient (Wildman–Crippen LogP) is 2.86. The van der Waals surface area contributed by atoms with Crippen LogP contribution in [0.1, 0.15) is 27.2 Å². The smallest absolute Gasteiger partial charge is 0.0263 e. The van der Waals surface area contributed by atoms with Crippen molar-refractivity contribution in [3.05, 3.63) is 0 Å². The normalized spacial score (nSPS) is 23.8. The molecule has 1 saturated heterocycles. The molecule has 14 heavy (non-hydrogen) atoms. The molecule has 1 nitrogen and oxygen atoms in total. The highest BCUT2D eigenvalue weighted by molar-refractivity contribution is 8.06. The van der Waals surface area contributed by atoms with Crippen molar-refractivity contribution < 1.29 is 0 Å². The van der Waals surface area contributed by atoms with Crippen LogP contribution in [0.25, 0.3) is 0 Å². The Morgan fingerprint density at radius 3 is 2.64 bits per heavy atom. The maximum atomic E-state index is 3.58. The van der Waals surface area contributed by atoms with Crippen LogP contribution < -0.4 is 5.32 Å². The topological polar surface area (TPSA) is 12.0 Å². The lowest BCUT2D eigenvalue weighted by Gasteiger charge is -2.23. The largest absolute Gasteiger partial charge is 0.316 e. The van der Waals surface area contributed by atoms with Gasteiger partial charge in [0, 0.05) is 29.1 Å². The molecular formula is C11H23NS2. The molecule has 1 heterocycles. The molecule has 0 spiro atoms. The first-order valence-electron chi connectivity index (χ1n) is 5.48. The fourth-order valence-corrected chi connectivity index (χ4v) is 4.03. The number of hydrogen-bond donors (Lipinski definition) is 1. The van der Waals surface area contributed by atoms with Gasteiger partial charge >= 0.3 is 0 Å². The van der Waals surface area contributed by atoms with Crippen LogP contribution in [-0.2, 0) is 0 Å². The molecular weight excluding hydrogens is 210 g/mol. The third-order valence-corrected chi connectivity index (χ3v) is 5.15. The van der Waals surface area contributed by atoms with Crippen molar-refractivity contribution in [2.75, 3.05) is 30.3 Å². The Hall–Kier alpha value is 0.660. The summed E-state index contributed by atoms with van der Waals surface area (Å²) in [5.41, 5.74) is 0.474. The molecule has 1 aliphatic heterocycles. The molecule has 1 rings (SSSR count). The maximum Gasteiger partial charge on any atom is 0.0263 e. The quantitative estimate of drug-likeness (QED) is 0.750. The van der Waals surface area contributed by atoms with Crippen molar-refractivity contribution in [2.45, 2.75) is 32.4 Å². The SMILES string of the molecule is CC(C)(C)CCNCC1CSCCS1. The van der Waals surface area contributed by atoms with Gasteiger partial charge < -0.3 is 5.32 Å². The lowest BCUT2D eigenvalue weighted by molar-refractivity contribution is 0.368. The second kappa shape index (κ2) is 6.29. The molecule has 1 unspecified atom stereocenters. The molecule has 0 aromatic heterocycles. The Balaban J connectivity index is 1.97. The number of hydrogen-bond acceptors (Lipinski definition) is 3. The molecule has 0 aromatic rings. The molecule has 0 bridgehead atoms. The molecule has 3 heteroatoms. The zero-order chi connectivity index (χ0) is 10.4. The summed E-state index contributed by atoms with van der Waals surface area (Å²) in [7, 11) is 0. The molecule has 0 radical (unpaired) electrons. The number of nitrogens with one attached hydrogen (secondary N) is 1. The monoisotopic (exact) mass is 233 g/mol. The average molecular weight is 233 g/mol. The summed E-state index contributed by atoms with van der Waals surface area (Å²) in [6.07, 6.45) is 1.28. The number of rotatable bonds is 4. The second-order valence-electron chi connectivity index (χ2n) is 5.08. The summed E-state index contributed by atoms with van der Waals surface area (Å²) in [5, 5.41) is 4.43. The van der Waals surface area contributed by atoms with Gasteiger partial charge in [-0.25, -0.2) is 0 Å². The van der Waals surface area contributed by atoms with Crippen LogP contribution in [-0.4, -0.2) is 35.6 Å². The highest BCUT2D eigenvalue weighted by atomic mass is 32.2. The van der Waals surface area contributed by atoms with E-state index in [-0.39, 0.29) is 0 Å². The van der Waals surface area contributed by atoms with Gasteiger partial charge in [0.2, 0.25) is 0 Å². The van der Waals surface area contributed by atoms with Crippen molar-refractivity contribution in [3.8, 4) is 0 Å². The third-order valence-electron chi connectivity index (χ3n) is 2.31. The van der Waals surface area contributed by atoms with Crippen molar-refractivity contribution >= 4 is 23.5 Å². The van der Waals surface area contributed by atoms with Gasteiger partial charge in [0.1, 0.15) is 0 Å². The van der Waals surface area contributed by atoms with Crippen LogP contribution in [0.15, 0.2) is 0 Å². The molecule has 1 fully saturated rings. The Labute approximate surface area is 97.2 Å². The fraction of sp³-hybridized carbons (Fsp3) is 1.00. The zero-order valence-corrected chi connectivity index (χ0v) is 11.3. The van der Waals surface area contributed by atoms with Crippen LogP contribution in [0.4, 0.5) is 0 Å². The van der Waals surface area contributed by atoms with Gasteiger partial charge in [0.15, 0.2) is 0 Å². The molecule has 1 N–H and O–H groups in total. The minimum atomic E-state index is 0.474. The first kappa shape index (κ1) is 12.7. The zero-order valence-electron chi connectivity index (χ0n) is 9.64. The first-order chi connectivity index (χ1) is 6.58. The summed E-state index contributed by atoms with van der Waals surface area (Å²) < 4.78 is 0. The molecule has 0 aliphatic carbocycles. The van der Waals surface area contributed by atoms with E-state index >= 15 is 0 Å². The fourth-order valence-electron chi connectivity index (χ4n) is 1.38. The Morgan fingerprint density at radius 2 is 2.07 bits per heavy atom. The standard InChI is InChI=1S/C11H23NS2/c1-11(2,3)4-5-12-8-10-9-13-6-7-14-10/h10,12H,4-9H2,1-3H3. The summed E-state index contributed by atoms with van der Waals surface area (Å²) in [4.78, 5) is 0. The molecule has 1 atom stereocenters. The number of thioether (sulfide) groups is 2. The lowest BCUT2D eigenvalue weighted by Crippen LogP contribution is -2.31. The van der Waals surface area contributed by atoms with E-state index in [2.05, 4.69) is 49.6 Å². The van der Waals surface area contributed by atoms with Crippen LogP contribution in [0, 0.1) is 5.41 Å². The summed E-state index contributed by atoms with van der Waals surface area (Å²) >= 11 is 4.24. The van der Waals surface area contributed by atoms with E-state index in [9.17, 15) is 0 Å². The molecule has 84 valence electrons. The van der Waals surface area contributed by atoms with Crippen LogP contribution in [0.5, 0.6) is 0 Å². The summed E-state index contributed by atoms with van der Waals surface area (Å²) in [6.45, 7) is 9.29. The van der Waals surface area contributed by atoms with E-state index in [0.29, 0.717) is 5.41 Å². The Kier molecular flexibility index (Phi) is 5.72. The van der Waals surface area contributed by atoms with Crippen molar-refractivity contribution in [1.82, 2.24) is 5.32 Å². The Bertz CT molecular complexity index is 148. The van der Waals surface area contributed by atoms with Crippen molar-refractivity contribution in [1.29, 1.82) is 0 Å². The van der Waals surface area contributed by atoms with Crippen LogP contribution in [0.3, 0.4) is 0 Å². The summed E-state index contributed by atoms with van der Waals surface area (Å²) in [5.74, 6) is 4.03. The van der Waals surface area contributed by atoms with Crippen LogP contribution in [0.2, 0.25) is 0 Å². The predicted molar refractivity (Wildman–Crippen MR) is 70.5 cm³/mol. The van der Waals surface area contributed by atoms with Gasteiger partial charge in [-0.2, -0.15) is 23.5 Å². The molecule has 1 aliphatic rings. The van der Waals surface area contributed by atoms with Crippen LogP contribution >= 0.6 is 23.5 Å². The van der Waals surface area contributed by atoms with Gasteiger partial charge in [0.25, 0.3) is 0 Å². The first-order valence-corrected chi connectivity index (χ1v) is 7.68. The summed E-state index contributed by atoms with van der Waals surface area (Å²) in [6, 6.07) is 0. The molecule has 0 amide bonds.